The summed E-state index contributed by atoms with van der Waals surface area (Å²) in [6.07, 6.45) is 4.32. The Morgan fingerprint density at radius 1 is 1.47 bits per heavy atom. The van der Waals surface area contributed by atoms with E-state index in [2.05, 4.69) is 30.8 Å². The first-order valence-corrected chi connectivity index (χ1v) is 6.67. The zero-order valence-corrected chi connectivity index (χ0v) is 11.2. The third-order valence-corrected chi connectivity index (χ3v) is 3.44. The molecule has 0 bridgehead atoms. The van der Waals surface area contributed by atoms with Crippen LogP contribution in [-0.2, 0) is 0 Å². The summed E-state index contributed by atoms with van der Waals surface area (Å²) in [7, 11) is 0. The zero-order chi connectivity index (χ0) is 12.3. The summed E-state index contributed by atoms with van der Waals surface area (Å²) in [6, 6.07) is 2.18. The Morgan fingerprint density at radius 2 is 2.24 bits per heavy atom. The van der Waals surface area contributed by atoms with E-state index >= 15 is 0 Å². The number of nitrogens with zero attached hydrogens (tertiary/aromatic N) is 3. The maximum atomic E-state index is 8.94. The molecule has 0 spiro atoms. The van der Waals surface area contributed by atoms with Crippen molar-refractivity contribution in [1.82, 2.24) is 9.97 Å². The lowest BCUT2D eigenvalue weighted by molar-refractivity contribution is 0.282. The van der Waals surface area contributed by atoms with Crippen LogP contribution in [0.2, 0.25) is 0 Å². The summed E-state index contributed by atoms with van der Waals surface area (Å²) in [5.41, 5.74) is 5.73. The van der Waals surface area contributed by atoms with Gasteiger partial charge in [0.15, 0.2) is 0 Å². The third kappa shape index (κ3) is 3.07. The van der Waals surface area contributed by atoms with Crippen LogP contribution in [0.4, 0.5) is 11.8 Å². The largest absolute Gasteiger partial charge is 0.396 e. The summed E-state index contributed by atoms with van der Waals surface area (Å²) >= 11 is 3.33. The number of aliphatic hydroxyl groups is 1. The number of aliphatic hydroxyl groups excluding tert-OH is 1. The number of rotatable bonds is 5. The Hall–Kier alpha value is -0.880. The van der Waals surface area contributed by atoms with E-state index in [1.165, 1.54) is 19.3 Å². The molecule has 1 aromatic rings. The summed E-state index contributed by atoms with van der Waals surface area (Å²) in [5, 5.41) is 8.94. The van der Waals surface area contributed by atoms with Gasteiger partial charge in [0, 0.05) is 25.3 Å². The predicted octanol–water partition coefficient (Wildman–Crippen LogP) is 1.56. The van der Waals surface area contributed by atoms with Crippen LogP contribution < -0.4 is 10.6 Å². The number of hydrogen-bond acceptors (Lipinski definition) is 5. The van der Waals surface area contributed by atoms with Crippen molar-refractivity contribution in [3.63, 3.8) is 0 Å². The van der Waals surface area contributed by atoms with E-state index in [4.69, 9.17) is 10.8 Å². The standard InChI is InChI=1S/C11H17BrN4O/c12-9-7-10(13)15-11(14-9)16(5-2-6-17)8-3-1-4-8/h7-8,17H,1-6H2,(H2,13,14,15). The maximum absolute atomic E-state index is 8.94. The molecule has 1 aliphatic rings. The van der Waals surface area contributed by atoms with Crippen LogP contribution in [-0.4, -0.2) is 34.3 Å². The summed E-state index contributed by atoms with van der Waals surface area (Å²) < 4.78 is 0.702. The van der Waals surface area contributed by atoms with Gasteiger partial charge in [-0.25, -0.2) is 4.98 Å². The molecule has 0 aromatic carbocycles. The number of hydrogen-bond donors (Lipinski definition) is 2. The van der Waals surface area contributed by atoms with Crippen molar-refractivity contribution < 1.29 is 5.11 Å². The van der Waals surface area contributed by atoms with Gasteiger partial charge in [-0.3, -0.25) is 0 Å². The second kappa shape index (κ2) is 5.64. The molecule has 6 heteroatoms. The Kier molecular flexibility index (Phi) is 4.17. The number of halogens is 1. The molecule has 2 rings (SSSR count). The van der Waals surface area contributed by atoms with Gasteiger partial charge in [0.2, 0.25) is 5.95 Å². The summed E-state index contributed by atoms with van der Waals surface area (Å²) in [5.74, 6) is 1.13. The van der Waals surface area contributed by atoms with Crippen LogP contribution in [0.3, 0.4) is 0 Å². The Morgan fingerprint density at radius 3 is 2.76 bits per heavy atom. The molecule has 0 saturated heterocycles. The van der Waals surface area contributed by atoms with Gasteiger partial charge in [-0.2, -0.15) is 4.98 Å². The zero-order valence-electron chi connectivity index (χ0n) is 9.64. The third-order valence-electron chi connectivity index (χ3n) is 3.03. The van der Waals surface area contributed by atoms with Gasteiger partial charge in [0.1, 0.15) is 10.4 Å². The van der Waals surface area contributed by atoms with E-state index in [1.807, 2.05) is 0 Å². The normalized spacial score (nSPS) is 15.6. The summed E-state index contributed by atoms with van der Waals surface area (Å²) in [6.45, 7) is 0.962. The SMILES string of the molecule is Nc1cc(Br)nc(N(CCCO)C2CCC2)n1. The highest BCUT2D eigenvalue weighted by molar-refractivity contribution is 9.10. The van der Waals surface area contributed by atoms with Crippen LogP contribution in [0, 0.1) is 0 Å². The molecule has 0 unspecified atom stereocenters. The molecule has 94 valence electrons. The first kappa shape index (κ1) is 12.6. The second-order valence-electron chi connectivity index (χ2n) is 4.27. The highest BCUT2D eigenvalue weighted by Gasteiger charge is 2.26. The Bertz CT molecular complexity index is 363. The molecular weight excluding hydrogens is 284 g/mol. The molecule has 1 fully saturated rings. The average molecular weight is 301 g/mol. The van der Waals surface area contributed by atoms with Gasteiger partial charge in [-0.1, -0.05) is 0 Å². The lowest BCUT2D eigenvalue weighted by Crippen LogP contribution is -2.42. The van der Waals surface area contributed by atoms with E-state index in [0.717, 1.165) is 13.0 Å². The quantitative estimate of drug-likeness (QED) is 0.807. The van der Waals surface area contributed by atoms with Gasteiger partial charge in [0.25, 0.3) is 0 Å². The van der Waals surface area contributed by atoms with Crippen molar-refractivity contribution in [2.45, 2.75) is 31.7 Å². The predicted molar refractivity (Wildman–Crippen MR) is 70.8 cm³/mol. The number of anilines is 2. The van der Waals surface area contributed by atoms with E-state index in [-0.39, 0.29) is 6.61 Å². The van der Waals surface area contributed by atoms with Gasteiger partial charge in [0.05, 0.1) is 0 Å². The monoisotopic (exact) mass is 300 g/mol. The van der Waals surface area contributed by atoms with E-state index in [0.29, 0.717) is 22.4 Å². The van der Waals surface area contributed by atoms with Crippen molar-refractivity contribution >= 4 is 27.7 Å². The second-order valence-corrected chi connectivity index (χ2v) is 5.08. The minimum atomic E-state index is 0.187. The average Bonchev–Trinajstić information content (AvgIpc) is 2.19. The lowest BCUT2D eigenvalue weighted by Gasteiger charge is -2.37. The number of nitrogen functional groups attached to an aromatic ring is 1. The van der Waals surface area contributed by atoms with Gasteiger partial charge < -0.3 is 15.7 Å². The van der Waals surface area contributed by atoms with Gasteiger partial charge in [-0.05, 0) is 41.6 Å². The van der Waals surface area contributed by atoms with Crippen LogP contribution in [0.25, 0.3) is 0 Å². The van der Waals surface area contributed by atoms with Gasteiger partial charge >= 0.3 is 0 Å². The molecule has 0 amide bonds. The molecule has 0 radical (unpaired) electrons. The lowest BCUT2D eigenvalue weighted by atomic mass is 9.91. The van der Waals surface area contributed by atoms with Crippen molar-refractivity contribution in [3.8, 4) is 0 Å². The number of nitrogens with two attached hydrogens (primary N) is 1. The fourth-order valence-electron chi connectivity index (χ4n) is 1.94. The first-order valence-electron chi connectivity index (χ1n) is 5.88. The van der Waals surface area contributed by atoms with Crippen molar-refractivity contribution in [2.75, 3.05) is 23.8 Å². The molecule has 5 nitrogen and oxygen atoms in total. The molecule has 1 saturated carbocycles. The molecule has 0 atom stereocenters. The minimum Gasteiger partial charge on any atom is -0.396 e. The Labute approximate surface area is 109 Å². The fourth-order valence-corrected chi connectivity index (χ4v) is 2.33. The van der Waals surface area contributed by atoms with E-state index in [9.17, 15) is 0 Å². The van der Waals surface area contributed by atoms with Gasteiger partial charge in [-0.15, -0.1) is 0 Å². The van der Waals surface area contributed by atoms with Crippen LogP contribution in [0.1, 0.15) is 25.7 Å². The highest BCUT2D eigenvalue weighted by Crippen LogP contribution is 2.28. The van der Waals surface area contributed by atoms with Crippen LogP contribution >= 0.6 is 15.9 Å². The highest BCUT2D eigenvalue weighted by atomic mass is 79.9. The molecule has 17 heavy (non-hydrogen) atoms. The minimum absolute atomic E-state index is 0.187. The summed E-state index contributed by atoms with van der Waals surface area (Å²) in [4.78, 5) is 10.8. The molecule has 3 N–H and O–H groups in total. The first-order chi connectivity index (χ1) is 8.20. The van der Waals surface area contributed by atoms with Crippen molar-refractivity contribution in [2.24, 2.45) is 0 Å². The number of aromatic nitrogens is 2. The van der Waals surface area contributed by atoms with Crippen LogP contribution in [0.5, 0.6) is 0 Å². The molecule has 1 heterocycles. The van der Waals surface area contributed by atoms with Crippen molar-refractivity contribution in [3.05, 3.63) is 10.7 Å². The fraction of sp³-hybridized carbons (Fsp3) is 0.636. The topological polar surface area (TPSA) is 75.3 Å². The van der Waals surface area contributed by atoms with Crippen molar-refractivity contribution in [1.29, 1.82) is 0 Å². The maximum Gasteiger partial charge on any atom is 0.228 e. The molecule has 1 aromatic heterocycles. The van der Waals surface area contributed by atoms with Crippen LogP contribution in [0.15, 0.2) is 10.7 Å². The smallest absolute Gasteiger partial charge is 0.228 e. The molecule has 1 aliphatic carbocycles. The Balaban J connectivity index is 2.17. The van der Waals surface area contributed by atoms with E-state index in [1.54, 1.807) is 6.07 Å². The van der Waals surface area contributed by atoms with E-state index < -0.39 is 0 Å². The molecule has 0 aliphatic heterocycles. The molecular formula is C11H17BrN4O.